The second-order valence-electron chi connectivity index (χ2n) is 7.46. The fraction of sp³-hybridized carbons (Fsp3) is 0.579. The third-order valence-electron chi connectivity index (χ3n) is 5.98. The van der Waals surface area contributed by atoms with Crippen molar-refractivity contribution in [1.29, 1.82) is 0 Å². The first-order valence-corrected chi connectivity index (χ1v) is 9.12. The molecule has 1 aromatic carbocycles. The van der Waals surface area contributed by atoms with Crippen LogP contribution in [-0.2, 0) is 16.0 Å². The molecule has 2 fully saturated rings. The summed E-state index contributed by atoms with van der Waals surface area (Å²) in [6, 6.07) is 5.84. The summed E-state index contributed by atoms with van der Waals surface area (Å²) in [6.07, 6.45) is 6.79. The molecule has 3 aliphatic rings. The highest BCUT2D eigenvalue weighted by Gasteiger charge is 2.49. The molecule has 6 heteroatoms. The minimum atomic E-state index is -0.237. The summed E-state index contributed by atoms with van der Waals surface area (Å²) in [6.45, 7) is 1.76. The van der Waals surface area contributed by atoms with Crippen LogP contribution in [0.2, 0.25) is 0 Å². The Hall–Kier alpha value is -1.59. The quantitative estimate of drug-likeness (QED) is 0.756. The number of carbonyl (C=O) groups is 2. The molecule has 1 saturated heterocycles. The van der Waals surface area contributed by atoms with Gasteiger partial charge in [0.15, 0.2) is 0 Å². The van der Waals surface area contributed by atoms with Crippen LogP contribution in [0.1, 0.15) is 44.1 Å². The molecule has 1 saturated carbocycles. The van der Waals surface area contributed by atoms with Crippen molar-refractivity contribution in [3.05, 3.63) is 23.8 Å². The van der Waals surface area contributed by atoms with E-state index in [1.165, 1.54) is 6.42 Å². The molecule has 1 aromatic rings. The van der Waals surface area contributed by atoms with Crippen LogP contribution >= 0.6 is 12.4 Å². The highest BCUT2D eigenvalue weighted by Crippen LogP contribution is 2.44. The van der Waals surface area contributed by atoms with Gasteiger partial charge in [0.25, 0.3) is 0 Å². The lowest BCUT2D eigenvalue weighted by molar-refractivity contribution is -0.128. The standard InChI is InChI=1S/C19H25N3O2.ClH/c23-17-6-3-4-13-10-15(7-8-16(13)22-17)21-18(24)19-9-2-1-5-14(19)11-20-12-19;/h7-8,10,14,20H,1-6,9,11-12H2,(H,21,24)(H,22,23);1H/t14-,19+;/m0./s1. The second kappa shape index (κ2) is 7.34. The molecule has 0 radical (unpaired) electrons. The van der Waals surface area contributed by atoms with Crippen LogP contribution in [0.3, 0.4) is 0 Å². The minimum absolute atomic E-state index is 0. The number of nitrogens with one attached hydrogen (secondary N) is 3. The molecular formula is C19H26ClN3O2. The number of anilines is 2. The molecule has 1 aliphatic carbocycles. The molecule has 2 amide bonds. The van der Waals surface area contributed by atoms with Gasteiger partial charge in [-0.15, -0.1) is 12.4 Å². The zero-order chi connectivity index (χ0) is 16.6. The summed E-state index contributed by atoms with van der Waals surface area (Å²) in [5, 5.41) is 9.53. The molecule has 5 nitrogen and oxygen atoms in total. The molecule has 2 aliphatic heterocycles. The van der Waals surface area contributed by atoms with Gasteiger partial charge >= 0.3 is 0 Å². The number of amides is 2. The molecule has 2 heterocycles. The third-order valence-corrected chi connectivity index (χ3v) is 5.98. The molecule has 2 atom stereocenters. The van der Waals surface area contributed by atoms with E-state index in [9.17, 15) is 9.59 Å². The van der Waals surface area contributed by atoms with Gasteiger partial charge in [0.2, 0.25) is 11.8 Å². The topological polar surface area (TPSA) is 70.2 Å². The zero-order valence-electron chi connectivity index (χ0n) is 14.4. The van der Waals surface area contributed by atoms with Gasteiger partial charge in [-0.05, 0) is 61.9 Å². The van der Waals surface area contributed by atoms with Crippen molar-refractivity contribution in [1.82, 2.24) is 5.32 Å². The Kier molecular flexibility index (Phi) is 5.35. The highest BCUT2D eigenvalue weighted by atomic mass is 35.5. The molecule has 0 spiro atoms. The van der Waals surface area contributed by atoms with E-state index in [4.69, 9.17) is 0 Å². The van der Waals surface area contributed by atoms with Crippen LogP contribution in [0.5, 0.6) is 0 Å². The van der Waals surface area contributed by atoms with Crippen molar-refractivity contribution in [3.8, 4) is 0 Å². The van der Waals surface area contributed by atoms with Crippen molar-refractivity contribution in [2.24, 2.45) is 11.3 Å². The number of halogens is 1. The minimum Gasteiger partial charge on any atom is -0.326 e. The molecule has 136 valence electrons. The van der Waals surface area contributed by atoms with Crippen molar-refractivity contribution >= 4 is 35.6 Å². The first-order valence-electron chi connectivity index (χ1n) is 9.12. The first-order chi connectivity index (χ1) is 11.7. The fourth-order valence-corrected chi connectivity index (χ4v) is 4.60. The number of rotatable bonds is 2. The predicted octanol–water partition coefficient (Wildman–Crippen LogP) is 3.10. The maximum absolute atomic E-state index is 13.0. The smallest absolute Gasteiger partial charge is 0.232 e. The SMILES string of the molecule is Cl.O=C1CCCc2cc(NC(=O)[C@@]34CCCC[C@H]3CNC4)ccc2N1. The summed E-state index contributed by atoms with van der Waals surface area (Å²) in [5.74, 6) is 0.702. The van der Waals surface area contributed by atoms with Gasteiger partial charge in [-0.3, -0.25) is 9.59 Å². The van der Waals surface area contributed by atoms with Crippen molar-refractivity contribution in [2.45, 2.75) is 44.9 Å². The Morgan fingerprint density at radius 3 is 2.96 bits per heavy atom. The Morgan fingerprint density at radius 2 is 2.08 bits per heavy atom. The van der Waals surface area contributed by atoms with Gasteiger partial charge in [-0.25, -0.2) is 0 Å². The maximum atomic E-state index is 13.0. The zero-order valence-corrected chi connectivity index (χ0v) is 15.2. The number of hydrogen-bond donors (Lipinski definition) is 3. The number of hydrogen-bond acceptors (Lipinski definition) is 3. The number of benzene rings is 1. The van der Waals surface area contributed by atoms with E-state index in [0.29, 0.717) is 12.3 Å². The Labute approximate surface area is 154 Å². The summed E-state index contributed by atoms with van der Waals surface area (Å²) in [4.78, 5) is 24.7. The summed E-state index contributed by atoms with van der Waals surface area (Å²) >= 11 is 0. The normalized spacial score (nSPS) is 28.0. The largest absolute Gasteiger partial charge is 0.326 e. The van der Waals surface area contributed by atoms with Crippen LogP contribution in [0, 0.1) is 11.3 Å². The number of carbonyl (C=O) groups excluding carboxylic acids is 2. The van der Waals surface area contributed by atoms with Crippen LogP contribution in [0.25, 0.3) is 0 Å². The first kappa shape index (κ1) is 18.2. The predicted molar refractivity (Wildman–Crippen MR) is 101 cm³/mol. The van der Waals surface area contributed by atoms with Gasteiger partial charge in [-0.2, -0.15) is 0 Å². The van der Waals surface area contributed by atoms with Crippen LogP contribution < -0.4 is 16.0 Å². The monoisotopic (exact) mass is 363 g/mol. The molecule has 25 heavy (non-hydrogen) atoms. The Balaban J connectivity index is 0.00000182. The van der Waals surface area contributed by atoms with Gasteiger partial charge in [0.05, 0.1) is 5.41 Å². The lowest BCUT2D eigenvalue weighted by atomic mass is 9.67. The number of fused-ring (bicyclic) bond motifs is 2. The average Bonchev–Trinajstić information content (AvgIpc) is 2.93. The van der Waals surface area contributed by atoms with Crippen molar-refractivity contribution < 1.29 is 9.59 Å². The van der Waals surface area contributed by atoms with E-state index in [-0.39, 0.29) is 29.6 Å². The van der Waals surface area contributed by atoms with Gasteiger partial charge in [-0.1, -0.05) is 12.8 Å². The van der Waals surface area contributed by atoms with Crippen LogP contribution in [0.4, 0.5) is 11.4 Å². The van der Waals surface area contributed by atoms with Crippen LogP contribution in [-0.4, -0.2) is 24.9 Å². The summed E-state index contributed by atoms with van der Waals surface area (Å²) in [5.41, 5.74) is 2.60. The molecule has 0 aromatic heterocycles. The molecular weight excluding hydrogens is 338 g/mol. The van der Waals surface area contributed by atoms with Crippen LogP contribution in [0.15, 0.2) is 18.2 Å². The Morgan fingerprint density at radius 1 is 1.20 bits per heavy atom. The molecule has 0 bridgehead atoms. The molecule has 4 rings (SSSR count). The lowest BCUT2D eigenvalue weighted by Crippen LogP contribution is -2.44. The maximum Gasteiger partial charge on any atom is 0.232 e. The van der Waals surface area contributed by atoms with Crippen molar-refractivity contribution in [3.63, 3.8) is 0 Å². The van der Waals surface area contributed by atoms with E-state index >= 15 is 0 Å². The highest BCUT2D eigenvalue weighted by molar-refractivity contribution is 5.97. The number of aryl methyl sites for hydroxylation is 1. The van der Waals surface area contributed by atoms with Gasteiger partial charge < -0.3 is 16.0 Å². The lowest BCUT2D eigenvalue weighted by Gasteiger charge is -2.37. The second-order valence-corrected chi connectivity index (χ2v) is 7.46. The van der Waals surface area contributed by atoms with Crippen molar-refractivity contribution in [2.75, 3.05) is 23.7 Å². The average molecular weight is 364 g/mol. The summed E-state index contributed by atoms with van der Waals surface area (Å²) in [7, 11) is 0. The van der Waals surface area contributed by atoms with E-state index in [2.05, 4.69) is 16.0 Å². The summed E-state index contributed by atoms with van der Waals surface area (Å²) < 4.78 is 0. The van der Waals surface area contributed by atoms with E-state index in [1.54, 1.807) is 0 Å². The van der Waals surface area contributed by atoms with Gasteiger partial charge in [0, 0.05) is 24.3 Å². The van der Waals surface area contributed by atoms with Gasteiger partial charge in [0.1, 0.15) is 0 Å². The fourth-order valence-electron chi connectivity index (χ4n) is 4.60. The van der Waals surface area contributed by atoms with E-state index in [0.717, 1.165) is 62.1 Å². The Bertz CT molecular complexity index is 679. The molecule has 3 N–H and O–H groups in total. The van der Waals surface area contributed by atoms with E-state index in [1.807, 2.05) is 18.2 Å². The van der Waals surface area contributed by atoms with E-state index < -0.39 is 0 Å². The molecule has 0 unspecified atom stereocenters. The third kappa shape index (κ3) is 3.40.